The van der Waals surface area contributed by atoms with E-state index >= 15 is 0 Å². The summed E-state index contributed by atoms with van der Waals surface area (Å²) >= 11 is 12.0. The molecule has 2 heterocycles. The molecule has 0 bridgehead atoms. The van der Waals surface area contributed by atoms with Crippen LogP contribution in [0.25, 0.3) is 11.2 Å². The van der Waals surface area contributed by atoms with Gasteiger partial charge in [0.25, 0.3) is 0 Å². The summed E-state index contributed by atoms with van der Waals surface area (Å²) in [4.78, 5) is 20.2. The summed E-state index contributed by atoms with van der Waals surface area (Å²) in [6.07, 6.45) is -4.64. The van der Waals surface area contributed by atoms with E-state index in [2.05, 4.69) is 24.8 Å². The van der Waals surface area contributed by atoms with Gasteiger partial charge in [0.2, 0.25) is 11.8 Å². The van der Waals surface area contributed by atoms with Gasteiger partial charge in [0.1, 0.15) is 16.9 Å². The molecule has 1 N–H and O–H groups in total. The van der Waals surface area contributed by atoms with Crippen LogP contribution in [-0.4, -0.2) is 40.4 Å². The Hall–Kier alpha value is -2.79. The molecular weight excluding hydrogens is 455 g/mol. The first kappa shape index (κ1) is 21.9. The maximum Gasteiger partial charge on any atom is 0.422 e. The largest absolute Gasteiger partial charge is 0.467 e. The minimum absolute atomic E-state index is 0.0236. The van der Waals surface area contributed by atoms with Gasteiger partial charge in [0.05, 0.1) is 22.8 Å². The minimum Gasteiger partial charge on any atom is -0.467 e. The molecule has 0 amide bonds. The number of pyridine rings is 1. The number of hydrogen-bond acceptors (Lipinski definition) is 6. The number of nitrogens with one attached hydrogen (secondary N) is 1. The number of ether oxygens (including phenoxy) is 2. The first-order chi connectivity index (χ1) is 14.0. The summed E-state index contributed by atoms with van der Waals surface area (Å²) in [5, 5.41) is 2.76. The van der Waals surface area contributed by atoms with Crippen molar-refractivity contribution >= 4 is 52.0 Å². The maximum absolute atomic E-state index is 13.4. The van der Waals surface area contributed by atoms with Gasteiger partial charge in [0.15, 0.2) is 12.3 Å². The molecule has 1 aromatic carbocycles. The average Bonchev–Trinajstić information content (AvgIpc) is 2.96. The maximum atomic E-state index is 13.4. The SMILES string of the molecule is COC(=O)c1cc2nc(Nc3c(Cl)cc(F)cc3Cl)n(C)c2nc1OCC(F)(F)F. The molecule has 0 saturated carbocycles. The van der Waals surface area contributed by atoms with E-state index in [1.165, 1.54) is 17.7 Å². The van der Waals surface area contributed by atoms with Gasteiger partial charge in [-0.05, 0) is 18.2 Å². The number of anilines is 2. The fraction of sp³-hybridized carbons (Fsp3) is 0.235. The molecule has 0 atom stereocenters. The van der Waals surface area contributed by atoms with E-state index in [0.717, 1.165) is 19.2 Å². The number of hydrogen-bond donors (Lipinski definition) is 1. The molecule has 0 aliphatic heterocycles. The van der Waals surface area contributed by atoms with E-state index in [0.29, 0.717) is 0 Å². The van der Waals surface area contributed by atoms with Crippen LogP contribution in [0.5, 0.6) is 5.88 Å². The van der Waals surface area contributed by atoms with Crippen LogP contribution in [0.15, 0.2) is 18.2 Å². The summed E-state index contributed by atoms with van der Waals surface area (Å²) < 4.78 is 61.7. The van der Waals surface area contributed by atoms with E-state index in [-0.39, 0.29) is 38.4 Å². The van der Waals surface area contributed by atoms with Gasteiger partial charge in [-0.1, -0.05) is 23.2 Å². The molecule has 160 valence electrons. The zero-order chi connectivity index (χ0) is 22.2. The lowest BCUT2D eigenvalue weighted by atomic mass is 10.2. The van der Waals surface area contributed by atoms with Crippen LogP contribution in [0.1, 0.15) is 10.4 Å². The van der Waals surface area contributed by atoms with Crippen molar-refractivity contribution in [2.75, 3.05) is 19.0 Å². The summed E-state index contributed by atoms with van der Waals surface area (Å²) in [7, 11) is 2.56. The monoisotopic (exact) mass is 466 g/mol. The topological polar surface area (TPSA) is 78.3 Å². The van der Waals surface area contributed by atoms with Gasteiger partial charge in [0, 0.05) is 7.05 Å². The van der Waals surface area contributed by atoms with Crippen LogP contribution in [-0.2, 0) is 11.8 Å². The number of methoxy groups -OCH3 is 1. The van der Waals surface area contributed by atoms with E-state index in [1.54, 1.807) is 0 Å². The van der Waals surface area contributed by atoms with Crippen molar-refractivity contribution in [3.05, 3.63) is 39.6 Å². The fourth-order valence-electron chi connectivity index (χ4n) is 2.50. The third-order valence-corrected chi connectivity index (χ3v) is 4.43. The Morgan fingerprint density at radius 3 is 2.40 bits per heavy atom. The van der Waals surface area contributed by atoms with Crippen LogP contribution in [0.3, 0.4) is 0 Å². The first-order valence-electron chi connectivity index (χ1n) is 8.07. The zero-order valence-corrected chi connectivity index (χ0v) is 16.8. The van der Waals surface area contributed by atoms with E-state index in [4.69, 9.17) is 23.2 Å². The van der Waals surface area contributed by atoms with Crippen LogP contribution in [0, 0.1) is 5.82 Å². The molecule has 0 fully saturated rings. The fourth-order valence-corrected chi connectivity index (χ4v) is 3.05. The van der Waals surface area contributed by atoms with Gasteiger partial charge in [-0.2, -0.15) is 18.2 Å². The summed E-state index contributed by atoms with van der Waals surface area (Å²) in [6.45, 7) is -1.65. The predicted molar refractivity (Wildman–Crippen MR) is 101 cm³/mol. The van der Waals surface area contributed by atoms with Gasteiger partial charge < -0.3 is 14.8 Å². The number of esters is 1. The van der Waals surface area contributed by atoms with E-state index in [1.807, 2.05) is 0 Å². The zero-order valence-electron chi connectivity index (χ0n) is 15.3. The van der Waals surface area contributed by atoms with Crippen molar-refractivity contribution in [2.45, 2.75) is 6.18 Å². The normalized spacial score (nSPS) is 11.6. The highest BCUT2D eigenvalue weighted by atomic mass is 35.5. The quantitative estimate of drug-likeness (QED) is 0.426. The Morgan fingerprint density at radius 2 is 1.83 bits per heavy atom. The van der Waals surface area contributed by atoms with Crippen LogP contribution in [0.4, 0.5) is 29.2 Å². The Labute approximate surface area is 176 Å². The molecule has 0 radical (unpaired) electrons. The third kappa shape index (κ3) is 4.51. The lowest BCUT2D eigenvalue weighted by Crippen LogP contribution is -2.21. The highest BCUT2D eigenvalue weighted by Crippen LogP contribution is 2.34. The molecule has 0 aliphatic rings. The number of alkyl halides is 3. The van der Waals surface area contributed by atoms with Crippen LogP contribution < -0.4 is 10.1 Å². The van der Waals surface area contributed by atoms with Crippen molar-refractivity contribution in [3.63, 3.8) is 0 Å². The van der Waals surface area contributed by atoms with Crippen molar-refractivity contribution in [1.29, 1.82) is 0 Å². The highest BCUT2D eigenvalue weighted by Gasteiger charge is 2.30. The molecule has 30 heavy (non-hydrogen) atoms. The van der Waals surface area contributed by atoms with Crippen molar-refractivity contribution in [1.82, 2.24) is 14.5 Å². The number of halogens is 6. The Bertz CT molecular complexity index is 1110. The van der Waals surface area contributed by atoms with Gasteiger partial charge in [-0.3, -0.25) is 4.57 Å². The Morgan fingerprint density at radius 1 is 1.20 bits per heavy atom. The predicted octanol–water partition coefficient (Wildman–Crippen LogP) is 4.89. The molecule has 0 spiro atoms. The second kappa shape index (κ2) is 8.15. The second-order valence-electron chi connectivity index (χ2n) is 5.94. The molecule has 3 aromatic rings. The minimum atomic E-state index is -4.64. The van der Waals surface area contributed by atoms with Gasteiger partial charge in [-0.25, -0.2) is 14.2 Å². The van der Waals surface area contributed by atoms with Crippen LogP contribution in [0.2, 0.25) is 10.0 Å². The lowest BCUT2D eigenvalue weighted by molar-refractivity contribution is -0.154. The Balaban J connectivity index is 2.07. The second-order valence-corrected chi connectivity index (χ2v) is 6.76. The lowest BCUT2D eigenvalue weighted by Gasteiger charge is -2.12. The number of benzene rings is 1. The van der Waals surface area contributed by atoms with Crippen LogP contribution >= 0.6 is 23.2 Å². The third-order valence-electron chi connectivity index (χ3n) is 3.83. The first-order valence-corrected chi connectivity index (χ1v) is 8.82. The molecule has 7 nitrogen and oxygen atoms in total. The molecule has 0 unspecified atom stereocenters. The summed E-state index contributed by atoms with van der Waals surface area (Å²) in [5.41, 5.74) is 0.0578. The summed E-state index contributed by atoms with van der Waals surface area (Å²) in [5.74, 6) is -2.04. The standard InChI is InChI=1S/C17H12Cl2F4N4O3/c1-27-13-11(24-16(27)25-12-9(18)3-7(20)4-10(12)19)5-8(15(28)29-2)14(26-13)30-6-17(21,22)23/h3-5H,6H2,1-2H3,(H,24,25). The average molecular weight is 467 g/mol. The van der Waals surface area contributed by atoms with E-state index < -0.39 is 30.4 Å². The molecule has 13 heteroatoms. The number of carbonyl (C=O) groups is 1. The van der Waals surface area contributed by atoms with Crippen molar-refractivity contribution in [3.8, 4) is 5.88 Å². The molecule has 0 aliphatic carbocycles. The molecule has 3 rings (SSSR count). The highest BCUT2D eigenvalue weighted by molar-refractivity contribution is 6.39. The van der Waals surface area contributed by atoms with Crippen molar-refractivity contribution in [2.24, 2.45) is 7.05 Å². The number of carbonyl (C=O) groups excluding carboxylic acids is 1. The number of rotatable bonds is 5. The summed E-state index contributed by atoms with van der Waals surface area (Å²) in [6, 6.07) is 3.25. The van der Waals surface area contributed by atoms with Gasteiger partial charge in [-0.15, -0.1) is 0 Å². The van der Waals surface area contributed by atoms with Gasteiger partial charge >= 0.3 is 12.1 Å². The molecule has 2 aromatic heterocycles. The van der Waals surface area contributed by atoms with Crippen molar-refractivity contribution < 1.29 is 31.8 Å². The number of imidazole rings is 1. The Kier molecular flexibility index (Phi) is 5.95. The number of nitrogens with zero attached hydrogens (tertiary/aromatic N) is 3. The number of aryl methyl sites for hydroxylation is 1. The number of fused-ring (bicyclic) bond motifs is 1. The smallest absolute Gasteiger partial charge is 0.422 e. The van der Waals surface area contributed by atoms with E-state index in [9.17, 15) is 22.4 Å². The molecule has 0 saturated heterocycles. The molecular formula is C17H12Cl2F4N4O3. The number of aromatic nitrogens is 3.